The Morgan fingerprint density at radius 1 is 1.00 bits per heavy atom. The fourth-order valence-electron chi connectivity index (χ4n) is 2.21. The molecule has 10 heteroatoms. The zero-order valence-corrected chi connectivity index (χ0v) is 16.9. The number of hydrogen-bond donors (Lipinski definition) is 0. The van der Waals surface area contributed by atoms with Crippen molar-refractivity contribution in [1.29, 1.82) is 0 Å². The van der Waals surface area contributed by atoms with Crippen molar-refractivity contribution in [3.05, 3.63) is 33.9 Å². The van der Waals surface area contributed by atoms with Crippen molar-refractivity contribution in [2.45, 2.75) is 45.6 Å². The monoisotopic (exact) mass is 419 g/mol. The summed E-state index contributed by atoms with van der Waals surface area (Å²) in [5, 5.41) is 10.5. The number of ether oxygens (including phenoxy) is 4. The summed E-state index contributed by atoms with van der Waals surface area (Å²) in [5.74, 6) is -3.34. The van der Waals surface area contributed by atoms with Gasteiger partial charge in [-0.3, -0.25) is 10.1 Å². The molecular weight excluding hydrogens is 392 g/mol. The van der Waals surface area contributed by atoms with Crippen LogP contribution in [0, 0.1) is 21.7 Å². The Hall–Kier alpha value is -2.33. The second-order valence-corrected chi connectivity index (χ2v) is 7.16. The first-order valence-electron chi connectivity index (χ1n) is 9.23. The van der Waals surface area contributed by atoms with E-state index in [0.717, 1.165) is 19.3 Å². The van der Waals surface area contributed by atoms with E-state index >= 15 is 0 Å². The highest BCUT2D eigenvalue weighted by Crippen LogP contribution is 2.26. The molecule has 0 radical (unpaired) electrons. The molecule has 0 aliphatic rings. The van der Waals surface area contributed by atoms with E-state index in [4.69, 9.17) is 18.9 Å². The molecule has 0 N–H and O–H groups in total. The van der Waals surface area contributed by atoms with Crippen LogP contribution in [0.15, 0.2) is 12.1 Å². The fraction of sp³-hybridized carbons (Fsp3) is 0.632. The van der Waals surface area contributed by atoms with Gasteiger partial charge in [0, 0.05) is 13.2 Å². The van der Waals surface area contributed by atoms with E-state index in [2.05, 4.69) is 0 Å². The van der Waals surface area contributed by atoms with Crippen LogP contribution in [0.4, 0.5) is 14.5 Å². The lowest BCUT2D eigenvalue weighted by atomic mass is 10.2. The molecule has 0 saturated carbocycles. The molecule has 0 bridgehead atoms. The van der Waals surface area contributed by atoms with Gasteiger partial charge in [-0.15, -0.1) is 0 Å². The molecule has 0 amide bonds. The first-order chi connectivity index (χ1) is 13.6. The lowest BCUT2D eigenvalue weighted by molar-refractivity contribution is -0.385. The van der Waals surface area contributed by atoms with E-state index in [0.29, 0.717) is 25.3 Å². The third kappa shape index (κ3) is 10.7. The Labute approximate surface area is 168 Å². The molecule has 0 aromatic heterocycles. The number of halogens is 2. The number of nitro groups is 1. The average molecular weight is 419 g/mol. The van der Waals surface area contributed by atoms with Crippen LogP contribution in [0.5, 0.6) is 5.75 Å². The molecule has 0 unspecified atom stereocenters. The second kappa shape index (κ2) is 12.3. The predicted molar refractivity (Wildman–Crippen MR) is 99.8 cm³/mol. The van der Waals surface area contributed by atoms with Crippen LogP contribution in [0.1, 0.15) is 40.0 Å². The SMILES string of the molecule is CC(C)(C)OC(=O)COCCCCCOCCOc1c(F)cc([N+](=O)[O-])cc1F. The van der Waals surface area contributed by atoms with Crippen LogP contribution >= 0.6 is 0 Å². The minimum Gasteiger partial charge on any atom is -0.485 e. The molecule has 0 aliphatic heterocycles. The number of esters is 1. The van der Waals surface area contributed by atoms with E-state index in [-0.39, 0.29) is 19.8 Å². The standard InChI is InChI=1S/C19H27F2NO7/c1-19(2,3)29-17(23)13-27-8-6-4-5-7-26-9-10-28-18-15(20)11-14(22(24)25)12-16(18)21/h11-12H,4-10,13H2,1-3H3. The molecule has 8 nitrogen and oxygen atoms in total. The maximum absolute atomic E-state index is 13.6. The van der Waals surface area contributed by atoms with Gasteiger partial charge < -0.3 is 18.9 Å². The Bertz CT molecular complexity index is 654. The number of nitrogens with zero attached hydrogens (tertiary/aromatic N) is 1. The van der Waals surface area contributed by atoms with Crippen molar-refractivity contribution in [1.82, 2.24) is 0 Å². The number of unbranched alkanes of at least 4 members (excludes halogenated alkanes) is 2. The molecular formula is C19H27F2NO7. The van der Waals surface area contributed by atoms with Gasteiger partial charge in [0.15, 0.2) is 17.4 Å². The molecule has 0 fully saturated rings. The van der Waals surface area contributed by atoms with Crippen LogP contribution in [0.25, 0.3) is 0 Å². The van der Waals surface area contributed by atoms with Crippen LogP contribution in [0.3, 0.4) is 0 Å². The van der Waals surface area contributed by atoms with Gasteiger partial charge in [-0.2, -0.15) is 0 Å². The van der Waals surface area contributed by atoms with Gasteiger partial charge in [-0.05, 0) is 40.0 Å². The number of benzene rings is 1. The van der Waals surface area contributed by atoms with E-state index in [9.17, 15) is 23.7 Å². The van der Waals surface area contributed by atoms with Gasteiger partial charge in [-0.25, -0.2) is 13.6 Å². The maximum atomic E-state index is 13.6. The number of hydrogen-bond acceptors (Lipinski definition) is 7. The molecule has 0 heterocycles. The van der Waals surface area contributed by atoms with Gasteiger partial charge in [0.25, 0.3) is 5.69 Å². The third-order valence-corrected chi connectivity index (χ3v) is 3.39. The zero-order valence-electron chi connectivity index (χ0n) is 16.9. The third-order valence-electron chi connectivity index (χ3n) is 3.39. The lowest BCUT2D eigenvalue weighted by Gasteiger charge is -2.19. The van der Waals surface area contributed by atoms with Crippen LogP contribution in [-0.4, -0.2) is 49.5 Å². The van der Waals surface area contributed by atoms with Crippen molar-refractivity contribution in [2.24, 2.45) is 0 Å². The highest BCUT2D eigenvalue weighted by molar-refractivity contribution is 5.71. The van der Waals surface area contributed by atoms with E-state index in [1.165, 1.54) is 0 Å². The summed E-state index contributed by atoms with van der Waals surface area (Å²) in [6, 6.07) is 1.20. The summed E-state index contributed by atoms with van der Waals surface area (Å²) in [6.45, 7) is 6.16. The minimum atomic E-state index is -1.14. The topological polar surface area (TPSA) is 97.1 Å². The molecule has 0 atom stereocenters. The molecule has 164 valence electrons. The van der Waals surface area contributed by atoms with Crippen molar-refractivity contribution >= 4 is 11.7 Å². The summed E-state index contributed by atoms with van der Waals surface area (Å²) in [7, 11) is 0. The summed E-state index contributed by atoms with van der Waals surface area (Å²) in [5.41, 5.74) is -1.21. The Morgan fingerprint density at radius 3 is 2.14 bits per heavy atom. The number of nitro benzene ring substituents is 1. The van der Waals surface area contributed by atoms with E-state index in [1.807, 2.05) is 0 Å². The largest absolute Gasteiger partial charge is 0.485 e. The number of non-ortho nitro benzene ring substituents is 1. The van der Waals surface area contributed by atoms with Crippen LogP contribution in [0.2, 0.25) is 0 Å². The van der Waals surface area contributed by atoms with Gasteiger partial charge in [0.05, 0.1) is 23.7 Å². The Balaban J connectivity index is 2.06. The van der Waals surface area contributed by atoms with Gasteiger partial charge in [0.2, 0.25) is 0 Å². The zero-order chi connectivity index (χ0) is 21.9. The summed E-state index contributed by atoms with van der Waals surface area (Å²) in [6.07, 6.45) is 2.32. The lowest BCUT2D eigenvalue weighted by Crippen LogP contribution is -2.26. The predicted octanol–water partition coefficient (Wildman–Crippen LogP) is 3.80. The summed E-state index contributed by atoms with van der Waals surface area (Å²) >= 11 is 0. The Kier molecular flexibility index (Phi) is 10.5. The highest BCUT2D eigenvalue weighted by atomic mass is 19.1. The molecule has 1 aromatic carbocycles. The van der Waals surface area contributed by atoms with Crippen molar-refractivity contribution in [3.8, 4) is 5.75 Å². The molecule has 0 aliphatic carbocycles. The fourth-order valence-corrected chi connectivity index (χ4v) is 2.21. The molecule has 29 heavy (non-hydrogen) atoms. The normalized spacial score (nSPS) is 11.3. The average Bonchev–Trinajstić information content (AvgIpc) is 2.59. The summed E-state index contributed by atoms with van der Waals surface area (Å²) in [4.78, 5) is 21.1. The number of rotatable bonds is 13. The highest BCUT2D eigenvalue weighted by Gasteiger charge is 2.18. The molecule has 1 aromatic rings. The Morgan fingerprint density at radius 2 is 1.59 bits per heavy atom. The number of carbonyl (C=O) groups is 1. The second-order valence-electron chi connectivity index (χ2n) is 7.16. The van der Waals surface area contributed by atoms with Crippen molar-refractivity contribution in [3.63, 3.8) is 0 Å². The van der Waals surface area contributed by atoms with Gasteiger partial charge >= 0.3 is 5.97 Å². The van der Waals surface area contributed by atoms with E-state index in [1.54, 1.807) is 20.8 Å². The molecule has 1 rings (SSSR count). The molecule has 0 saturated heterocycles. The van der Waals surface area contributed by atoms with Crippen molar-refractivity contribution < 1.29 is 37.4 Å². The smallest absolute Gasteiger partial charge is 0.332 e. The number of carbonyl (C=O) groups excluding carboxylic acids is 1. The minimum absolute atomic E-state index is 0.0825. The van der Waals surface area contributed by atoms with Gasteiger partial charge in [0.1, 0.15) is 18.8 Å². The van der Waals surface area contributed by atoms with Crippen molar-refractivity contribution in [2.75, 3.05) is 33.0 Å². The van der Waals surface area contributed by atoms with Gasteiger partial charge in [-0.1, -0.05) is 0 Å². The summed E-state index contributed by atoms with van der Waals surface area (Å²) < 4.78 is 47.9. The first-order valence-corrected chi connectivity index (χ1v) is 9.23. The van der Waals surface area contributed by atoms with E-state index < -0.39 is 39.6 Å². The first kappa shape index (κ1) is 24.7. The van der Waals surface area contributed by atoms with Crippen LogP contribution < -0.4 is 4.74 Å². The quantitative estimate of drug-likeness (QED) is 0.208. The molecule has 0 spiro atoms. The van der Waals surface area contributed by atoms with Crippen LogP contribution in [-0.2, 0) is 19.0 Å². The maximum Gasteiger partial charge on any atom is 0.332 e.